The number of nitrogens with zero attached hydrogens (tertiary/aromatic N) is 2. The Morgan fingerprint density at radius 1 is 1.35 bits per heavy atom. The van der Waals surface area contributed by atoms with Crippen LogP contribution >= 0.6 is 0 Å². The maximum absolute atomic E-state index is 12.0. The third-order valence-corrected chi connectivity index (χ3v) is 4.37. The van der Waals surface area contributed by atoms with Crippen molar-refractivity contribution in [2.75, 3.05) is 6.61 Å². The first-order valence-corrected chi connectivity index (χ1v) is 8.04. The normalized spacial score (nSPS) is 21.1. The van der Waals surface area contributed by atoms with E-state index in [1.165, 1.54) is 6.42 Å². The number of amides is 1. The summed E-state index contributed by atoms with van der Waals surface area (Å²) in [6, 6.07) is 5.68. The number of carbonyl (C=O) groups excluding carboxylic acids is 2. The standard InChI is InChI=1S/C17H21N3O3/c1-12-6-2-3-7-13(12)19-16(21)11-23-17(22)14-10-20-9-5-4-8-15(20)18-14/h4-5,8-10,12-13H,2-3,6-7,11H2,1H3,(H,19,21)/t12-,13-/m0/s1. The number of imidazole rings is 1. The van der Waals surface area contributed by atoms with E-state index in [-0.39, 0.29) is 24.2 Å². The molecule has 0 saturated heterocycles. The zero-order valence-corrected chi connectivity index (χ0v) is 13.2. The number of ether oxygens (including phenoxy) is 1. The average molecular weight is 315 g/mol. The SMILES string of the molecule is C[C@H]1CCCC[C@@H]1NC(=O)COC(=O)c1cn2ccccc2n1. The first-order chi connectivity index (χ1) is 11.1. The van der Waals surface area contributed by atoms with Crippen molar-refractivity contribution in [1.82, 2.24) is 14.7 Å². The van der Waals surface area contributed by atoms with Crippen LogP contribution in [0.25, 0.3) is 5.65 Å². The van der Waals surface area contributed by atoms with Crippen LogP contribution in [0, 0.1) is 5.92 Å². The summed E-state index contributed by atoms with van der Waals surface area (Å²) in [6.07, 6.45) is 7.88. The van der Waals surface area contributed by atoms with Gasteiger partial charge in [-0.3, -0.25) is 4.79 Å². The van der Waals surface area contributed by atoms with E-state index >= 15 is 0 Å². The van der Waals surface area contributed by atoms with E-state index in [1.807, 2.05) is 12.1 Å². The molecule has 23 heavy (non-hydrogen) atoms. The fourth-order valence-corrected chi connectivity index (χ4v) is 3.02. The van der Waals surface area contributed by atoms with E-state index < -0.39 is 5.97 Å². The second-order valence-electron chi connectivity index (χ2n) is 6.10. The van der Waals surface area contributed by atoms with Gasteiger partial charge in [0.2, 0.25) is 0 Å². The van der Waals surface area contributed by atoms with Crippen LogP contribution < -0.4 is 5.32 Å². The largest absolute Gasteiger partial charge is 0.451 e. The molecule has 2 aromatic heterocycles. The number of rotatable bonds is 4. The number of aromatic nitrogens is 2. The van der Waals surface area contributed by atoms with Crippen LogP contribution in [-0.2, 0) is 9.53 Å². The highest BCUT2D eigenvalue weighted by molar-refractivity contribution is 5.90. The average Bonchev–Trinajstić information content (AvgIpc) is 2.99. The van der Waals surface area contributed by atoms with Crippen molar-refractivity contribution < 1.29 is 14.3 Å². The zero-order chi connectivity index (χ0) is 16.2. The Kier molecular flexibility index (Phi) is 4.60. The zero-order valence-electron chi connectivity index (χ0n) is 13.2. The van der Waals surface area contributed by atoms with Gasteiger partial charge in [-0.2, -0.15) is 0 Å². The summed E-state index contributed by atoms with van der Waals surface area (Å²) < 4.78 is 6.81. The molecule has 0 unspecified atom stereocenters. The summed E-state index contributed by atoms with van der Waals surface area (Å²) >= 11 is 0. The predicted molar refractivity (Wildman–Crippen MR) is 85.0 cm³/mol. The molecular formula is C17H21N3O3. The Hall–Kier alpha value is -2.37. The molecule has 1 N–H and O–H groups in total. The summed E-state index contributed by atoms with van der Waals surface area (Å²) in [7, 11) is 0. The molecule has 1 aliphatic carbocycles. The third kappa shape index (κ3) is 3.70. The van der Waals surface area contributed by atoms with Gasteiger partial charge in [-0.05, 0) is 30.9 Å². The molecule has 3 rings (SSSR count). The highest BCUT2D eigenvalue weighted by atomic mass is 16.5. The van der Waals surface area contributed by atoms with Crippen LogP contribution in [0.15, 0.2) is 30.6 Å². The highest BCUT2D eigenvalue weighted by Gasteiger charge is 2.23. The lowest BCUT2D eigenvalue weighted by molar-refractivity contribution is -0.125. The number of fused-ring (bicyclic) bond motifs is 1. The topological polar surface area (TPSA) is 72.7 Å². The smallest absolute Gasteiger partial charge is 0.359 e. The fourth-order valence-electron chi connectivity index (χ4n) is 3.02. The molecule has 1 aliphatic rings. The van der Waals surface area contributed by atoms with E-state index in [4.69, 9.17) is 4.74 Å². The molecule has 0 aromatic carbocycles. The Balaban J connectivity index is 1.52. The molecule has 1 saturated carbocycles. The van der Waals surface area contributed by atoms with Gasteiger partial charge in [-0.1, -0.05) is 25.8 Å². The number of pyridine rings is 1. The van der Waals surface area contributed by atoms with Gasteiger partial charge in [0.15, 0.2) is 12.3 Å². The molecular weight excluding hydrogens is 294 g/mol. The molecule has 6 heteroatoms. The van der Waals surface area contributed by atoms with Crippen LogP contribution in [0.2, 0.25) is 0 Å². The summed E-state index contributed by atoms with van der Waals surface area (Å²) in [4.78, 5) is 28.1. The predicted octanol–water partition coefficient (Wildman–Crippen LogP) is 2.19. The lowest BCUT2D eigenvalue weighted by atomic mass is 9.86. The second-order valence-corrected chi connectivity index (χ2v) is 6.10. The Morgan fingerprint density at radius 3 is 2.96 bits per heavy atom. The number of esters is 1. The Morgan fingerprint density at radius 2 is 2.17 bits per heavy atom. The van der Waals surface area contributed by atoms with E-state index in [9.17, 15) is 9.59 Å². The molecule has 122 valence electrons. The van der Waals surface area contributed by atoms with Crippen LogP contribution in [0.5, 0.6) is 0 Å². The van der Waals surface area contributed by atoms with Crippen molar-refractivity contribution in [3.8, 4) is 0 Å². The number of hydrogen-bond acceptors (Lipinski definition) is 4. The van der Waals surface area contributed by atoms with E-state index in [2.05, 4.69) is 17.2 Å². The third-order valence-electron chi connectivity index (χ3n) is 4.37. The molecule has 1 fully saturated rings. The lowest BCUT2D eigenvalue weighted by Gasteiger charge is -2.29. The first kappa shape index (κ1) is 15.5. The minimum Gasteiger partial charge on any atom is -0.451 e. The van der Waals surface area contributed by atoms with Gasteiger partial charge in [0.05, 0.1) is 0 Å². The first-order valence-electron chi connectivity index (χ1n) is 8.04. The quantitative estimate of drug-likeness (QED) is 0.878. The summed E-state index contributed by atoms with van der Waals surface area (Å²) in [5.74, 6) is -0.358. The van der Waals surface area contributed by atoms with Gasteiger partial charge in [0, 0.05) is 18.4 Å². The Bertz CT molecular complexity index is 677. The number of nitrogens with one attached hydrogen (secondary N) is 1. The molecule has 0 spiro atoms. The van der Waals surface area contributed by atoms with Gasteiger partial charge in [-0.15, -0.1) is 0 Å². The van der Waals surface area contributed by atoms with Gasteiger partial charge < -0.3 is 14.5 Å². The minimum absolute atomic E-state index is 0.185. The minimum atomic E-state index is -0.583. The van der Waals surface area contributed by atoms with Crippen molar-refractivity contribution in [2.45, 2.75) is 38.6 Å². The van der Waals surface area contributed by atoms with Crippen LogP contribution in [0.4, 0.5) is 0 Å². The van der Waals surface area contributed by atoms with E-state index in [0.29, 0.717) is 11.6 Å². The molecule has 0 radical (unpaired) electrons. The number of carbonyl (C=O) groups is 2. The summed E-state index contributed by atoms with van der Waals surface area (Å²) in [5, 5.41) is 2.96. The van der Waals surface area contributed by atoms with Crippen LogP contribution in [0.1, 0.15) is 43.1 Å². The summed E-state index contributed by atoms with van der Waals surface area (Å²) in [5.41, 5.74) is 0.870. The summed E-state index contributed by atoms with van der Waals surface area (Å²) in [6.45, 7) is 1.88. The van der Waals surface area contributed by atoms with Gasteiger partial charge in [0.1, 0.15) is 5.65 Å². The molecule has 1 amide bonds. The van der Waals surface area contributed by atoms with Gasteiger partial charge in [-0.25, -0.2) is 9.78 Å². The van der Waals surface area contributed by atoms with Gasteiger partial charge in [0.25, 0.3) is 5.91 Å². The highest BCUT2D eigenvalue weighted by Crippen LogP contribution is 2.23. The lowest BCUT2D eigenvalue weighted by Crippen LogP contribution is -2.42. The van der Waals surface area contributed by atoms with Crippen molar-refractivity contribution in [3.63, 3.8) is 0 Å². The van der Waals surface area contributed by atoms with Crippen molar-refractivity contribution >= 4 is 17.5 Å². The molecule has 6 nitrogen and oxygen atoms in total. The maximum Gasteiger partial charge on any atom is 0.359 e. The molecule has 2 heterocycles. The molecule has 0 aliphatic heterocycles. The van der Waals surface area contributed by atoms with Crippen molar-refractivity contribution in [3.05, 3.63) is 36.3 Å². The fraction of sp³-hybridized carbons (Fsp3) is 0.471. The molecule has 2 aromatic rings. The van der Waals surface area contributed by atoms with Crippen LogP contribution in [0.3, 0.4) is 0 Å². The number of hydrogen-bond donors (Lipinski definition) is 1. The van der Waals surface area contributed by atoms with E-state index in [0.717, 1.165) is 19.3 Å². The van der Waals surface area contributed by atoms with Crippen molar-refractivity contribution in [1.29, 1.82) is 0 Å². The second kappa shape index (κ2) is 6.81. The maximum atomic E-state index is 12.0. The Labute approximate surface area is 134 Å². The molecule has 0 bridgehead atoms. The van der Waals surface area contributed by atoms with Gasteiger partial charge >= 0.3 is 5.97 Å². The monoisotopic (exact) mass is 315 g/mol. The van der Waals surface area contributed by atoms with Crippen molar-refractivity contribution in [2.24, 2.45) is 5.92 Å². The van der Waals surface area contributed by atoms with E-state index in [1.54, 1.807) is 22.9 Å². The molecule has 2 atom stereocenters. The van der Waals surface area contributed by atoms with Crippen LogP contribution in [-0.4, -0.2) is 33.9 Å².